The lowest BCUT2D eigenvalue weighted by Crippen LogP contribution is -2.29. The molecule has 4 rings (SSSR count). The summed E-state index contributed by atoms with van der Waals surface area (Å²) < 4.78 is 4.13. The lowest BCUT2D eigenvalue weighted by molar-refractivity contribution is -0.122. The van der Waals surface area contributed by atoms with Crippen molar-refractivity contribution in [2.45, 2.75) is 26.4 Å². The third kappa shape index (κ3) is 3.63. The Morgan fingerprint density at radius 3 is 2.50 bits per heavy atom. The van der Waals surface area contributed by atoms with Gasteiger partial charge < -0.3 is 9.13 Å². The second kappa shape index (κ2) is 7.85. The molecule has 1 atom stereocenters. The van der Waals surface area contributed by atoms with E-state index in [1.54, 1.807) is 0 Å². The Bertz CT molecular complexity index is 1130. The quantitative estimate of drug-likeness (QED) is 0.663. The maximum absolute atomic E-state index is 13.0. The van der Waals surface area contributed by atoms with E-state index in [0.717, 1.165) is 28.6 Å². The highest BCUT2D eigenvalue weighted by Crippen LogP contribution is 2.19. The number of Topliss-reactive ketones (excluding diaryl/α,β-unsaturated/α-hetero) is 1. The molecule has 0 spiro atoms. The van der Waals surface area contributed by atoms with E-state index in [4.69, 9.17) is 4.99 Å². The second-order valence-electron chi connectivity index (χ2n) is 7.35. The van der Waals surface area contributed by atoms with Gasteiger partial charge in [-0.25, -0.2) is 4.99 Å². The molecule has 0 amide bonds. The topological polar surface area (TPSA) is 39.3 Å². The van der Waals surface area contributed by atoms with E-state index in [9.17, 15) is 4.79 Å². The first kappa shape index (κ1) is 18.2. The van der Waals surface area contributed by atoms with Crippen LogP contribution in [0, 0.1) is 5.92 Å². The lowest BCUT2D eigenvalue weighted by Gasteiger charge is -2.14. The SMILES string of the molecule is CC1=CCC(C(=O)Cn2c(=NCc3ccccc3)n(C)c3ccccc32)C=C1. The smallest absolute Gasteiger partial charge is 0.206 e. The van der Waals surface area contributed by atoms with Gasteiger partial charge in [0.15, 0.2) is 5.78 Å². The first-order chi connectivity index (χ1) is 13.6. The molecule has 0 saturated carbocycles. The van der Waals surface area contributed by atoms with E-state index >= 15 is 0 Å². The Morgan fingerprint density at radius 2 is 1.79 bits per heavy atom. The molecule has 1 aliphatic rings. The van der Waals surface area contributed by atoms with Crippen LogP contribution in [0.3, 0.4) is 0 Å². The molecule has 28 heavy (non-hydrogen) atoms. The van der Waals surface area contributed by atoms with Crippen LogP contribution in [0.25, 0.3) is 11.0 Å². The highest BCUT2D eigenvalue weighted by atomic mass is 16.1. The van der Waals surface area contributed by atoms with E-state index in [1.807, 2.05) is 49.5 Å². The number of rotatable bonds is 5. The minimum atomic E-state index is -0.0582. The number of imidazole rings is 1. The average molecular weight is 371 g/mol. The molecule has 0 radical (unpaired) electrons. The Balaban J connectivity index is 1.72. The summed E-state index contributed by atoms with van der Waals surface area (Å²) in [6, 6.07) is 18.4. The Labute approximate surface area is 165 Å². The molecule has 3 aromatic rings. The van der Waals surface area contributed by atoms with Crippen molar-refractivity contribution in [3.05, 3.63) is 89.6 Å². The maximum atomic E-state index is 13.0. The number of allylic oxidation sites excluding steroid dienone is 4. The van der Waals surface area contributed by atoms with Crippen LogP contribution in [0.1, 0.15) is 18.9 Å². The molecule has 0 N–H and O–H groups in total. The summed E-state index contributed by atoms with van der Waals surface area (Å²) in [6.45, 7) is 2.98. The van der Waals surface area contributed by atoms with Gasteiger partial charge in [0.1, 0.15) is 0 Å². The fourth-order valence-corrected chi connectivity index (χ4v) is 3.70. The second-order valence-corrected chi connectivity index (χ2v) is 7.35. The molecule has 0 saturated heterocycles. The highest BCUT2D eigenvalue weighted by molar-refractivity contribution is 5.85. The molecule has 0 aliphatic heterocycles. The first-order valence-electron chi connectivity index (χ1n) is 9.70. The number of ketones is 1. The third-order valence-electron chi connectivity index (χ3n) is 5.33. The normalized spacial score (nSPS) is 17.1. The van der Waals surface area contributed by atoms with Crippen molar-refractivity contribution in [3.8, 4) is 0 Å². The molecule has 4 heteroatoms. The van der Waals surface area contributed by atoms with Crippen molar-refractivity contribution in [2.24, 2.45) is 18.0 Å². The van der Waals surface area contributed by atoms with Crippen LogP contribution in [0.4, 0.5) is 0 Å². The van der Waals surface area contributed by atoms with Crippen LogP contribution in [0.15, 0.2) is 83.4 Å². The van der Waals surface area contributed by atoms with E-state index in [0.29, 0.717) is 13.1 Å². The largest absolute Gasteiger partial charge is 0.313 e. The first-order valence-corrected chi connectivity index (χ1v) is 9.70. The maximum Gasteiger partial charge on any atom is 0.206 e. The molecule has 142 valence electrons. The molecular weight excluding hydrogens is 346 g/mol. The zero-order valence-corrected chi connectivity index (χ0v) is 16.4. The van der Waals surface area contributed by atoms with Crippen LogP contribution in [0.5, 0.6) is 0 Å². The van der Waals surface area contributed by atoms with Gasteiger partial charge in [-0.3, -0.25) is 4.79 Å². The minimum absolute atomic E-state index is 0.0582. The summed E-state index contributed by atoms with van der Waals surface area (Å²) in [5, 5.41) is 0. The molecule has 0 fully saturated rings. The molecule has 1 heterocycles. The predicted molar refractivity (Wildman–Crippen MR) is 113 cm³/mol. The Morgan fingerprint density at radius 1 is 1.07 bits per heavy atom. The van der Waals surface area contributed by atoms with Crippen molar-refractivity contribution < 1.29 is 4.79 Å². The zero-order valence-electron chi connectivity index (χ0n) is 16.4. The van der Waals surface area contributed by atoms with E-state index < -0.39 is 0 Å². The number of aryl methyl sites for hydroxylation is 1. The van der Waals surface area contributed by atoms with Crippen molar-refractivity contribution >= 4 is 16.8 Å². The molecule has 1 aliphatic carbocycles. The van der Waals surface area contributed by atoms with Gasteiger partial charge in [-0.1, -0.05) is 66.3 Å². The predicted octanol–water partition coefficient (Wildman–Crippen LogP) is 4.17. The molecule has 0 bridgehead atoms. The number of hydrogen-bond acceptors (Lipinski definition) is 2. The lowest BCUT2D eigenvalue weighted by atomic mass is 9.93. The molecule has 1 unspecified atom stereocenters. The van der Waals surface area contributed by atoms with Gasteiger partial charge in [-0.05, 0) is 31.0 Å². The number of hydrogen-bond donors (Lipinski definition) is 0. The molecule has 1 aromatic heterocycles. The molecular formula is C24H25N3O. The van der Waals surface area contributed by atoms with E-state index in [1.165, 1.54) is 5.57 Å². The third-order valence-corrected chi connectivity index (χ3v) is 5.33. The summed E-state index contributed by atoms with van der Waals surface area (Å²) in [5.74, 6) is 0.162. The number of aromatic nitrogens is 2. The van der Waals surface area contributed by atoms with Gasteiger partial charge in [0.2, 0.25) is 5.62 Å². The van der Waals surface area contributed by atoms with Gasteiger partial charge in [-0.15, -0.1) is 0 Å². The number of carbonyl (C=O) groups excluding carboxylic acids is 1. The van der Waals surface area contributed by atoms with Crippen LogP contribution in [0.2, 0.25) is 0 Å². The van der Waals surface area contributed by atoms with Gasteiger partial charge in [0.05, 0.1) is 24.1 Å². The summed E-state index contributed by atoms with van der Waals surface area (Å²) >= 11 is 0. The monoisotopic (exact) mass is 371 g/mol. The van der Waals surface area contributed by atoms with Crippen molar-refractivity contribution in [1.82, 2.24) is 9.13 Å². The van der Waals surface area contributed by atoms with Gasteiger partial charge in [0.25, 0.3) is 0 Å². The van der Waals surface area contributed by atoms with Crippen LogP contribution < -0.4 is 5.62 Å². The van der Waals surface area contributed by atoms with Gasteiger partial charge in [-0.2, -0.15) is 0 Å². The fourth-order valence-electron chi connectivity index (χ4n) is 3.70. The van der Waals surface area contributed by atoms with E-state index in [-0.39, 0.29) is 11.7 Å². The fraction of sp³-hybridized carbons (Fsp3) is 0.250. The van der Waals surface area contributed by atoms with Crippen LogP contribution in [-0.4, -0.2) is 14.9 Å². The van der Waals surface area contributed by atoms with Gasteiger partial charge in [0, 0.05) is 13.0 Å². The van der Waals surface area contributed by atoms with Crippen molar-refractivity contribution in [2.75, 3.05) is 0 Å². The van der Waals surface area contributed by atoms with E-state index in [2.05, 4.69) is 46.4 Å². The molecule has 2 aromatic carbocycles. The highest BCUT2D eigenvalue weighted by Gasteiger charge is 2.19. The van der Waals surface area contributed by atoms with Crippen LogP contribution in [-0.2, 0) is 24.9 Å². The van der Waals surface area contributed by atoms with Crippen molar-refractivity contribution in [3.63, 3.8) is 0 Å². The standard InChI is InChI=1S/C24H25N3O/c1-18-12-14-20(15-13-18)23(28)17-27-22-11-7-6-10-21(22)26(2)24(27)25-16-19-8-4-3-5-9-19/h3-14,20H,15-17H2,1-2H3. The number of nitrogens with zero attached hydrogens (tertiary/aromatic N) is 3. The summed E-state index contributed by atoms with van der Waals surface area (Å²) in [6.07, 6.45) is 6.99. The summed E-state index contributed by atoms with van der Waals surface area (Å²) in [7, 11) is 2.01. The summed E-state index contributed by atoms with van der Waals surface area (Å²) in [5.41, 5.74) is 5.32. The number of para-hydroxylation sites is 2. The number of benzene rings is 2. The molecule has 4 nitrogen and oxygen atoms in total. The Hall–Kier alpha value is -3.14. The Kier molecular flexibility index (Phi) is 5.11. The van der Waals surface area contributed by atoms with Gasteiger partial charge >= 0.3 is 0 Å². The van der Waals surface area contributed by atoms with Crippen molar-refractivity contribution in [1.29, 1.82) is 0 Å². The number of carbonyl (C=O) groups is 1. The summed E-state index contributed by atoms with van der Waals surface area (Å²) in [4.78, 5) is 17.9. The minimum Gasteiger partial charge on any atom is -0.313 e. The average Bonchev–Trinajstić information content (AvgIpc) is 2.99. The zero-order chi connectivity index (χ0) is 19.5. The van der Waals surface area contributed by atoms with Crippen LogP contribution >= 0.6 is 0 Å². The number of fused-ring (bicyclic) bond motifs is 1.